The van der Waals surface area contributed by atoms with Gasteiger partial charge in [-0.1, -0.05) is 61.2 Å². The number of halogens is 1. The number of rotatable bonds is 12. The number of fused-ring (bicyclic) bond motifs is 1. The Balaban J connectivity index is 1.09. The molecule has 0 bridgehead atoms. The molecule has 2 aliphatic rings. The number of aliphatic hydroxyl groups excluding tert-OH is 1. The van der Waals surface area contributed by atoms with Crippen LogP contribution in [0.2, 0.25) is 0 Å². The molecule has 1 spiro atoms. The van der Waals surface area contributed by atoms with E-state index >= 15 is 0 Å². The molecule has 12 heteroatoms. The summed E-state index contributed by atoms with van der Waals surface area (Å²) in [5.74, 6) is 0.0909. The molecule has 2 aliphatic heterocycles. The molecule has 2 aromatic carbocycles. The van der Waals surface area contributed by atoms with Crippen LogP contribution in [-0.4, -0.2) is 82.4 Å². The van der Waals surface area contributed by atoms with Crippen molar-refractivity contribution in [3.8, 4) is 5.75 Å². The number of nitrogens with zero attached hydrogens (tertiary/aromatic N) is 2. The summed E-state index contributed by atoms with van der Waals surface area (Å²) in [6.07, 6.45) is 1.30. The van der Waals surface area contributed by atoms with Crippen LogP contribution < -0.4 is 10.2 Å². The second-order valence-electron chi connectivity index (χ2n) is 12.9. The zero-order chi connectivity index (χ0) is 33.7. The molecule has 47 heavy (non-hydrogen) atoms. The number of hydrogen-bond acceptors (Lipinski definition) is 9. The number of phenols is 1. The highest BCUT2D eigenvalue weighted by Crippen LogP contribution is 2.33. The van der Waals surface area contributed by atoms with Gasteiger partial charge in [0.05, 0.1) is 34.5 Å². The first-order valence-corrected chi connectivity index (χ1v) is 17.8. The molecule has 3 heterocycles. The summed E-state index contributed by atoms with van der Waals surface area (Å²) in [7, 11) is 0. The number of thiazole rings is 1. The summed E-state index contributed by atoms with van der Waals surface area (Å²) in [4.78, 5) is 32.0. The largest absolute Gasteiger partial charge is 0.506 e. The van der Waals surface area contributed by atoms with E-state index in [4.69, 9.17) is 4.74 Å². The van der Waals surface area contributed by atoms with Crippen LogP contribution in [0.5, 0.6) is 5.75 Å². The number of aromatic hydroxyl groups is 1. The van der Waals surface area contributed by atoms with Crippen LogP contribution >= 0.6 is 23.1 Å². The maximum absolute atomic E-state index is 14.6. The van der Waals surface area contributed by atoms with E-state index in [0.29, 0.717) is 65.8 Å². The SMILES string of the molecule is C=C(S/C=C(\C)C(C)C)C(=O)N1CCOC2(CCN(Cc3cc(F)cc(CCNCC(O)c4ccc(O)c5[nH]c(=O)sc45)c3)CC2)C1. The molecule has 0 radical (unpaired) electrons. The number of benzene rings is 2. The van der Waals surface area contributed by atoms with Crippen molar-refractivity contribution in [2.45, 2.75) is 58.3 Å². The van der Waals surface area contributed by atoms with Crippen LogP contribution in [0.3, 0.4) is 0 Å². The molecule has 0 saturated carbocycles. The quantitative estimate of drug-likeness (QED) is 0.150. The monoisotopic (exact) mass is 684 g/mol. The van der Waals surface area contributed by atoms with Gasteiger partial charge in [0.1, 0.15) is 17.1 Å². The lowest BCUT2D eigenvalue weighted by atomic mass is 9.89. The molecule has 1 amide bonds. The highest BCUT2D eigenvalue weighted by Gasteiger charge is 2.41. The lowest BCUT2D eigenvalue weighted by Crippen LogP contribution is -2.58. The second kappa shape index (κ2) is 15.5. The molecule has 4 N–H and O–H groups in total. The Bertz CT molecular complexity index is 1680. The number of aromatic amines is 1. The van der Waals surface area contributed by atoms with Gasteiger partial charge in [0, 0.05) is 38.3 Å². The molecule has 1 atom stereocenters. The number of piperidine rings is 1. The standard InChI is InChI=1S/C35H45FN4O5S2/c1-22(2)23(3)20-46-24(4)33(43)40-13-14-45-35(21-40)8-11-39(12-9-35)19-26-15-25(16-27(36)17-26)7-10-37-18-30(42)28-5-6-29(41)31-32(28)47-34(44)38-31/h5-6,15-17,20,22,30,37,41-42H,4,7-14,18-19,21H2,1-3H3,(H,38,44)/b23-20+. The van der Waals surface area contributed by atoms with Crippen LogP contribution in [0.25, 0.3) is 10.2 Å². The van der Waals surface area contributed by atoms with E-state index in [9.17, 15) is 24.2 Å². The topological polar surface area (TPSA) is 118 Å². The molecular weight excluding hydrogens is 640 g/mol. The van der Waals surface area contributed by atoms with Crippen LogP contribution in [-0.2, 0) is 22.5 Å². The highest BCUT2D eigenvalue weighted by atomic mass is 32.2. The lowest BCUT2D eigenvalue weighted by molar-refractivity contribution is -0.156. The Labute approximate surface area is 283 Å². The van der Waals surface area contributed by atoms with Crippen molar-refractivity contribution >= 4 is 39.2 Å². The molecule has 2 fully saturated rings. The molecular formula is C35H45FN4O5S2. The van der Waals surface area contributed by atoms with E-state index < -0.39 is 6.10 Å². The van der Waals surface area contributed by atoms with Crippen molar-refractivity contribution in [2.75, 3.05) is 45.9 Å². The summed E-state index contributed by atoms with van der Waals surface area (Å²) < 4.78 is 21.5. The molecule has 3 aromatic rings. The average Bonchev–Trinajstić information content (AvgIpc) is 3.44. The number of ether oxygens (including phenoxy) is 1. The van der Waals surface area contributed by atoms with Crippen molar-refractivity contribution in [2.24, 2.45) is 5.92 Å². The van der Waals surface area contributed by atoms with Crippen molar-refractivity contribution in [1.29, 1.82) is 0 Å². The molecule has 1 unspecified atom stereocenters. The van der Waals surface area contributed by atoms with Crippen LogP contribution in [0.1, 0.15) is 56.4 Å². The summed E-state index contributed by atoms with van der Waals surface area (Å²) in [5, 5.41) is 26.0. The number of hydrogen-bond donors (Lipinski definition) is 4. The van der Waals surface area contributed by atoms with Crippen molar-refractivity contribution < 1.29 is 24.1 Å². The van der Waals surface area contributed by atoms with Gasteiger partial charge in [-0.05, 0) is 73.4 Å². The molecule has 5 rings (SSSR count). The van der Waals surface area contributed by atoms with Gasteiger partial charge in [0.25, 0.3) is 5.91 Å². The van der Waals surface area contributed by atoms with Gasteiger partial charge in [0.15, 0.2) is 0 Å². The van der Waals surface area contributed by atoms with Gasteiger partial charge < -0.3 is 30.2 Å². The predicted molar refractivity (Wildman–Crippen MR) is 187 cm³/mol. The molecule has 9 nitrogen and oxygen atoms in total. The molecule has 2 saturated heterocycles. The third kappa shape index (κ3) is 8.92. The number of carbonyl (C=O) groups is 1. The number of carbonyl (C=O) groups excluding carboxylic acids is 1. The Hall–Kier alpha value is -3.00. The van der Waals surface area contributed by atoms with Gasteiger partial charge in [-0.25, -0.2) is 4.39 Å². The number of likely N-dealkylation sites (tertiary alicyclic amines) is 1. The zero-order valence-corrected chi connectivity index (χ0v) is 28.9. The van der Waals surface area contributed by atoms with Crippen LogP contribution in [0.4, 0.5) is 4.39 Å². The van der Waals surface area contributed by atoms with Crippen molar-refractivity contribution in [1.82, 2.24) is 20.1 Å². The normalized spacial score (nSPS) is 17.9. The minimum absolute atomic E-state index is 0.0270. The van der Waals surface area contributed by atoms with Gasteiger partial charge in [0.2, 0.25) is 0 Å². The minimum Gasteiger partial charge on any atom is -0.506 e. The molecule has 254 valence electrons. The van der Waals surface area contributed by atoms with E-state index in [0.717, 1.165) is 48.4 Å². The number of phenolic OH excluding ortho intramolecular Hbond substituents is 1. The Kier molecular flexibility index (Phi) is 11.6. The highest BCUT2D eigenvalue weighted by molar-refractivity contribution is 8.06. The fraction of sp³-hybridized carbons (Fsp3) is 0.486. The summed E-state index contributed by atoms with van der Waals surface area (Å²) in [6.45, 7) is 15.0. The number of morpholine rings is 1. The third-order valence-corrected chi connectivity index (χ3v) is 11.0. The smallest absolute Gasteiger partial charge is 0.305 e. The number of H-pyrrole nitrogens is 1. The first-order valence-electron chi connectivity index (χ1n) is 16.1. The number of amides is 1. The Morgan fingerprint density at radius 3 is 2.72 bits per heavy atom. The lowest BCUT2D eigenvalue weighted by Gasteiger charge is -2.47. The molecule has 1 aromatic heterocycles. The van der Waals surface area contributed by atoms with E-state index in [1.54, 1.807) is 18.2 Å². The van der Waals surface area contributed by atoms with Crippen LogP contribution in [0.15, 0.2) is 57.6 Å². The summed E-state index contributed by atoms with van der Waals surface area (Å²) >= 11 is 2.35. The molecule has 0 aliphatic carbocycles. The Morgan fingerprint density at radius 2 is 1.98 bits per heavy atom. The van der Waals surface area contributed by atoms with Gasteiger partial charge in [-0.3, -0.25) is 14.5 Å². The number of nitrogens with one attached hydrogen (secondary N) is 2. The maximum atomic E-state index is 14.6. The first kappa shape index (κ1) is 35.3. The fourth-order valence-electron chi connectivity index (χ4n) is 6.06. The van der Waals surface area contributed by atoms with Gasteiger partial charge in [-0.15, -0.1) is 0 Å². The summed E-state index contributed by atoms with van der Waals surface area (Å²) in [5.41, 5.74) is 3.53. The Morgan fingerprint density at radius 1 is 1.23 bits per heavy atom. The third-order valence-electron chi connectivity index (χ3n) is 9.14. The summed E-state index contributed by atoms with van der Waals surface area (Å²) in [6, 6.07) is 8.24. The van der Waals surface area contributed by atoms with Gasteiger partial charge in [-0.2, -0.15) is 0 Å². The van der Waals surface area contributed by atoms with Crippen molar-refractivity contribution in [3.63, 3.8) is 0 Å². The van der Waals surface area contributed by atoms with Crippen LogP contribution in [0, 0.1) is 11.7 Å². The van der Waals surface area contributed by atoms with Gasteiger partial charge >= 0.3 is 4.87 Å². The maximum Gasteiger partial charge on any atom is 0.305 e. The average molecular weight is 685 g/mol. The number of allylic oxidation sites excluding steroid dienone is 1. The van der Waals surface area contributed by atoms with E-state index in [1.165, 1.54) is 23.4 Å². The second-order valence-corrected chi connectivity index (χ2v) is 14.9. The first-order chi connectivity index (χ1) is 22.4. The van der Waals surface area contributed by atoms with E-state index in [2.05, 4.69) is 42.6 Å². The number of thioether (sulfide) groups is 1. The number of aromatic nitrogens is 1. The van der Waals surface area contributed by atoms with Crippen molar-refractivity contribution in [3.05, 3.63) is 85.0 Å². The van der Waals surface area contributed by atoms with E-state index in [1.807, 2.05) is 16.4 Å². The van der Waals surface area contributed by atoms with E-state index in [-0.39, 0.29) is 34.5 Å². The predicted octanol–water partition coefficient (Wildman–Crippen LogP) is 5.30. The zero-order valence-electron chi connectivity index (χ0n) is 27.3. The number of aliphatic hydroxyl groups is 1. The fourth-order valence-corrected chi connectivity index (χ4v) is 7.81. The minimum atomic E-state index is -0.873.